The van der Waals surface area contributed by atoms with Crippen LogP contribution >= 0.6 is 34.9 Å². The van der Waals surface area contributed by atoms with Crippen molar-refractivity contribution in [2.24, 2.45) is 0 Å². The van der Waals surface area contributed by atoms with Crippen molar-refractivity contribution in [2.45, 2.75) is 39.6 Å². The smallest absolute Gasteiger partial charge is 0.175 e. The van der Waals surface area contributed by atoms with Crippen molar-refractivity contribution in [1.29, 1.82) is 0 Å². The molecule has 0 amide bonds. The molecule has 1 fully saturated rings. The molecule has 7 heteroatoms. The Hall–Kier alpha value is -1.18. The summed E-state index contributed by atoms with van der Waals surface area (Å²) in [6, 6.07) is 9.25. The molecule has 1 aromatic carbocycles. The van der Waals surface area contributed by atoms with E-state index in [2.05, 4.69) is 10.2 Å². The number of nitrogens with zero attached hydrogens (tertiary/aromatic N) is 2. The molecule has 0 saturated heterocycles. The molecule has 1 aliphatic carbocycles. The summed E-state index contributed by atoms with van der Waals surface area (Å²) < 4.78 is 1.60. The van der Waals surface area contributed by atoms with Gasteiger partial charge in [-0.05, 0) is 12.8 Å². The van der Waals surface area contributed by atoms with Gasteiger partial charge in [0.15, 0.2) is 14.5 Å². The second-order valence-electron chi connectivity index (χ2n) is 5.23. The van der Waals surface area contributed by atoms with Crippen molar-refractivity contribution in [2.75, 3.05) is 5.75 Å². The quantitative estimate of drug-likeness (QED) is 0.568. The second-order valence-corrected chi connectivity index (χ2v) is 8.88. The van der Waals surface area contributed by atoms with Crippen molar-refractivity contribution < 1.29 is 9.59 Å². The Bertz CT molecular complexity index is 688. The monoisotopic (exact) mass is 364 g/mol. The zero-order valence-electron chi connectivity index (χ0n) is 12.4. The van der Waals surface area contributed by atoms with E-state index in [9.17, 15) is 9.59 Å². The van der Waals surface area contributed by atoms with Crippen molar-refractivity contribution in [3.63, 3.8) is 0 Å². The lowest BCUT2D eigenvalue weighted by atomic mass is 9.99. The standard InChI is InChI=1S/C16H16N2O2S3/c19-12-8-4-5-9-14(12)22-16-18-17-15(23-16)21-10-13(20)11-6-2-1-3-7-11/h1-3,6-7,14H,4-5,8-10H2/t14-/m1/s1. The van der Waals surface area contributed by atoms with Crippen LogP contribution in [0.1, 0.15) is 36.0 Å². The molecule has 1 aromatic heterocycles. The highest BCUT2D eigenvalue weighted by Crippen LogP contribution is 2.35. The van der Waals surface area contributed by atoms with Crippen LogP contribution in [0.15, 0.2) is 39.0 Å². The first-order valence-electron chi connectivity index (χ1n) is 7.46. The average molecular weight is 365 g/mol. The fraction of sp³-hybridized carbons (Fsp3) is 0.375. The Kier molecular flexibility index (Phi) is 5.85. The molecule has 1 atom stereocenters. The van der Waals surface area contributed by atoms with Crippen LogP contribution in [0.4, 0.5) is 0 Å². The molecular formula is C16H16N2O2S3. The zero-order chi connectivity index (χ0) is 16.1. The van der Waals surface area contributed by atoms with Gasteiger partial charge in [-0.2, -0.15) is 0 Å². The lowest BCUT2D eigenvalue weighted by Gasteiger charge is -2.17. The van der Waals surface area contributed by atoms with Crippen LogP contribution in [0.2, 0.25) is 0 Å². The molecule has 0 bridgehead atoms. The van der Waals surface area contributed by atoms with Crippen molar-refractivity contribution in [3.8, 4) is 0 Å². The first kappa shape index (κ1) is 16.7. The van der Waals surface area contributed by atoms with E-state index in [0.29, 0.717) is 23.5 Å². The Morgan fingerprint density at radius 3 is 2.74 bits per heavy atom. The summed E-state index contributed by atoms with van der Waals surface area (Å²) >= 11 is 4.39. The third-order valence-corrected chi connectivity index (χ3v) is 7.01. The maximum Gasteiger partial charge on any atom is 0.175 e. The number of hydrogen-bond donors (Lipinski definition) is 0. The maximum absolute atomic E-state index is 12.1. The van der Waals surface area contributed by atoms with Crippen LogP contribution in [0, 0.1) is 0 Å². The third-order valence-electron chi connectivity index (χ3n) is 3.55. The van der Waals surface area contributed by atoms with Crippen LogP contribution < -0.4 is 0 Å². The minimum atomic E-state index is 0.0282. The number of thioether (sulfide) groups is 2. The summed E-state index contributed by atoms with van der Waals surface area (Å²) in [6.45, 7) is 0. The van der Waals surface area contributed by atoms with Gasteiger partial charge in [0.05, 0.1) is 11.0 Å². The van der Waals surface area contributed by atoms with Gasteiger partial charge in [-0.15, -0.1) is 10.2 Å². The summed E-state index contributed by atoms with van der Waals surface area (Å²) in [5, 5.41) is 8.29. The van der Waals surface area contributed by atoms with Crippen LogP contribution in [-0.4, -0.2) is 32.8 Å². The van der Waals surface area contributed by atoms with E-state index in [1.54, 1.807) is 0 Å². The Balaban J connectivity index is 1.53. The number of ketones is 2. The summed E-state index contributed by atoms with van der Waals surface area (Å²) in [5.41, 5.74) is 0.715. The maximum atomic E-state index is 12.1. The second kappa shape index (κ2) is 8.08. The topological polar surface area (TPSA) is 59.9 Å². The van der Waals surface area contributed by atoms with Crippen LogP contribution in [-0.2, 0) is 4.79 Å². The molecule has 23 heavy (non-hydrogen) atoms. The molecule has 1 saturated carbocycles. The largest absolute Gasteiger partial charge is 0.298 e. The van der Waals surface area contributed by atoms with Crippen molar-refractivity contribution in [3.05, 3.63) is 35.9 Å². The summed E-state index contributed by atoms with van der Waals surface area (Å²) in [6.07, 6.45) is 3.73. The van der Waals surface area contributed by atoms with Crippen molar-refractivity contribution >= 4 is 46.4 Å². The molecule has 1 aliphatic rings. The van der Waals surface area contributed by atoms with E-state index < -0.39 is 0 Å². The fourth-order valence-electron chi connectivity index (χ4n) is 2.34. The number of benzene rings is 1. The first-order chi connectivity index (χ1) is 11.2. The highest BCUT2D eigenvalue weighted by Gasteiger charge is 2.24. The van der Waals surface area contributed by atoms with Gasteiger partial charge in [-0.25, -0.2) is 0 Å². The molecule has 0 N–H and O–H groups in total. The SMILES string of the molecule is O=C(CSc1nnc(S[C@@H]2CCCCC2=O)s1)c1ccccc1. The fourth-order valence-corrected chi connectivity index (χ4v) is 5.62. The number of carbonyl (C=O) groups excluding carboxylic acids is 2. The molecule has 0 spiro atoms. The van der Waals surface area contributed by atoms with Gasteiger partial charge in [0.2, 0.25) is 0 Å². The van der Waals surface area contributed by atoms with E-state index in [0.717, 1.165) is 27.9 Å². The number of carbonyl (C=O) groups is 2. The predicted octanol–water partition coefficient (Wildman–Crippen LogP) is 4.12. The third kappa shape index (κ3) is 4.65. The lowest BCUT2D eigenvalue weighted by Crippen LogP contribution is -2.21. The molecule has 120 valence electrons. The van der Waals surface area contributed by atoms with Crippen LogP contribution in [0.25, 0.3) is 0 Å². The van der Waals surface area contributed by atoms with Gasteiger partial charge in [0, 0.05) is 12.0 Å². The summed E-state index contributed by atoms with van der Waals surface area (Å²) in [4.78, 5) is 23.9. The minimum absolute atomic E-state index is 0.0282. The number of rotatable bonds is 6. The van der Waals surface area contributed by atoms with Crippen LogP contribution in [0.5, 0.6) is 0 Å². The Morgan fingerprint density at radius 2 is 1.96 bits per heavy atom. The van der Waals surface area contributed by atoms with E-state index in [1.807, 2.05) is 30.3 Å². The molecular weight excluding hydrogens is 348 g/mol. The van der Waals surface area contributed by atoms with E-state index in [-0.39, 0.29) is 11.0 Å². The minimum Gasteiger partial charge on any atom is -0.298 e. The molecule has 0 aliphatic heterocycles. The molecule has 1 heterocycles. The first-order valence-corrected chi connectivity index (χ1v) is 10.1. The normalized spacial score (nSPS) is 18.1. The number of Topliss-reactive ketones (excluding diaryl/α,β-unsaturated/α-hetero) is 2. The van der Waals surface area contributed by atoms with E-state index >= 15 is 0 Å². The number of hydrogen-bond acceptors (Lipinski definition) is 7. The molecule has 4 nitrogen and oxygen atoms in total. The van der Waals surface area contributed by atoms with Gasteiger partial charge < -0.3 is 0 Å². The highest BCUT2D eigenvalue weighted by atomic mass is 32.2. The molecule has 0 unspecified atom stereocenters. The van der Waals surface area contributed by atoms with E-state index in [1.165, 1.54) is 34.9 Å². The predicted molar refractivity (Wildman–Crippen MR) is 94.5 cm³/mol. The average Bonchev–Trinajstić information content (AvgIpc) is 3.03. The van der Waals surface area contributed by atoms with Crippen molar-refractivity contribution in [1.82, 2.24) is 10.2 Å². The van der Waals surface area contributed by atoms with Gasteiger partial charge in [0.1, 0.15) is 5.78 Å². The van der Waals surface area contributed by atoms with Crippen LogP contribution in [0.3, 0.4) is 0 Å². The lowest BCUT2D eigenvalue weighted by molar-refractivity contribution is -0.119. The van der Waals surface area contributed by atoms with Gasteiger partial charge in [-0.3, -0.25) is 9.59 Å². The number of aromatic nitrogens is 2. The summed E-state index contributed by atoms with van der Waals surface area (Å²) in [5.74, 6) is 0.762. The Labute approximate surface area is 147 Å². The zero-order valence-corrected chi connectivity index (χ0v) is 14.9. The van der Waals surface area contributed by atoms with Gasteiger partial charge in [0.25, 0.3) is 0 Å². The van der Waals surface area contributed by atoms with E-state index in [4.69, 9.17) is 0 Å². The van der Waals surface area contributed by atoms with Gasteiger partial charge in [-0.1, -0.05) is 71.6 Å². The summed E-state index contributed by atoms with van der Waals surface area (Å²) in [7, 11) is 0. The molecule has 0 radical (unpaired) electrons. The molecule has 2 aromatic rings. The molecule has 3 rings (SSSR count). The highest BCUT2D eigenvalue weighted by molar-refractivity contribution is 8.04. The van der Waals surface area contributed by atoms with Gasteiger partial charge >= 0.3 is 0 Å². The Morgan fingerprint density at radius 1 is 1.17 bits per heavy atom.